The molecule has 2 aromatic rings. The van der Waals surface area contributed by atoms with Gasteiger partial charge >= 0.3 is 0 Å². The maximum Gasteiger partial charge on any atom is 0.294 e. The van der Waals surface area contributed by atoms with Crippen LogP contribution in [0.5, 0.6) is 5.75 Å². The number of aliphatic hydroxyl groups is 1. The number of hydrogen-bond donors (Lipinski definition) is 1. The van der Waals surface area contributed by atoms with Crippen molar-refractivity contribution in [2.75, 3.05) is 12.0 Å². The van der Waals surface area contributed by atoms with Crippen LogP contribution in [-0.2, 0) is 9.59 Å². The van der Waals surface area contributed by atoms with Gasteiger partial charge in [-0.2, -0.15) is 0 Å². The largest absolute Gasteiger partial charge is 0.503 e. The topological polar surface area (TPSA) is 66.8 Å². The molecule has 1 heterocycles. The van der Waals surface area contributed by atoms with Crippen molar-refractivity contribution in [1.82, 2.24) is 0 Å². The fourth-order valence-electron chi connectivity index (χ4n) is 3.26. The van der Waals surface area contributed by atoms with Gasteiger partial charge in [-0.15, -0.1) is 0 Å². The maximum absolute atomic E-state index is 13.6. The lowest BCUT2D eigenvalue weighted by Crippen LogP contribution is -2.31. The average molecular weight is 404 g/mol. The number of ether oxygens (including phenoxy) is 1. The molecule has 1 unspecified atom stereocenters. The molecule has 0 spiro atoms. The molecular formula is C21H19ClFNO4. The number of para-hydroxylation sites is 1. The number of halogens is 2. The van der Waals surface area contributed by atoms with E-state index in [0.29, 0.717) is 11.3 Å². The van der Waals surface area contributed by atoms with Gasteiger partial charge in [0.05, 0.1) is 23.7 Å². The molecule has 0 fully saturated rings. The van der Waals surface area contributed by atoms with Crippen molar-refractivity contribution < 1.29 is 23.8 Å². The highest BCUT2D eigenvalue weighted by atomic mass is 35.5. The third kappa shape index (κ3) is 3.24. The van der Waals surface area contributed by atoms with Crippen LogP contribution in [0.3, 0.4) is 0 Å². The lowest BCUT2D eigenvalue weighted by atomic mass is 9.90. The van der Waals surface area contributed by atoms with E-state index in [-0.39, 0.29) is 22.1 Å². The van der Waals surface area contributed by atoms with Gasteiger partial charge in [-0.1, -0.05) is 43.6 Å². The molecule has 1 N–H and O–H groups in total. The molecule has 146 valence electrons. The Bertz CT molecular complexity index is 986. The van der Waals surface area contributed by atoms with Crippen LogP contribution in [0.1, 0.15) is 25.5 Å². The molecule has 28 heavy (non-hydrogen) atoms. The summed E-state index contributed by atoms with van der Waals surface area (Å²) in [6.45, 7) is 3.37. The van der Waals surface area contributed by atoms with Crippen LogP contribution in [0.2, 0.25) is 5.02 Å². The molecule has 7 heteroatoms. The Balaban J connectivity index is 2.25. The Labute approximate surface area is 167 Å². The molecule has 1 amide bonds. The van der Waals surface area contributed by atoms with Gasteiger partial charge in [-0.3, -0.25) is 14.5 Å². The normalized spacial score (nSPS) is 16.9. The zero-order chi connectivity index (χ0) is 20.6. The number of anilines is 1. The molecule has 0 aliphatic carbocycles. The number of methoxy groups -OCH3 is 1. The van der Waals surface area contributed by atoms with Crippen LogP contribution in [-0.4, -0.2) is 23.9 Å². The first-order chi connectivity index (χ1) is 13.3. The van der Waals surface area contributed by atoms with Crippen molar-refractivity contribution >= 4 is 29.0 Å². The summed E-state index contributed by atoms with van der Waals surface area (Å²) in [5.74, 6) is -2.39. The van der Waals surface area contributed by atoms with Gasteiger partial charge in [0.25, 0.3) is 5.91 Å². The molecule has 0 bridgehead atoms. The molecule has 1 aliphatic heterocycles. The van der Waals surface area contributed by atoms with Crippen LogP contribution in [0.25, 0.3) is 0 Å². The summed E-state index contributed by atoms with van der Waals surface area (Å²) >= 11 is 5.90. The first kappa shape index (κ1) is 19.9. The number of carbonyl (C=O) groups is 2. The maximum atomic E-state index is 13.6. The molecule has 1 atom stereocenters. The predicted molar refractivity (Wildman–Crippen MR) is 104 cm³/mol. The van der Waals surface area contributed by atoms with Gasteiger partial charge in [0.1, 0.15) is 11.6 Å². The third-order valence-electron chi connectivity index (χ3n) is 4.61. The summed E-state index contributed by atoms with van der Waals surface area (Å²) in [4.78, 5) is 27.0. The fraction of sp³-hybridized carbons (Fsp3) is 0.238. The van der Waals surface area contributed by atoms with E-state index < -0.39 is 29.4 Å². The Morgan fingerprint density at radius 1 is 1.25 bits per heavy atom. The second-order valence-corrected chi connectivity index (χ2v) is 7.11. The number of Topliss-reactive ketones (excluding diaryl/α,β-unsaturated/α-hetero) is 1. The molecule has 0 aromatic heterocycles. The van der Waals surface area contributed by atoms with Crippen molar-refractivity contribution in [2.24, 2.45) is 5.92 Å². The standard InChI is InChI=1S/C21H19ClFNO4/c1-11(2)19(25)17-18(13-6-4-5-7-16(13)28-3)24(21(27)20(17)26)12-8-9-15(23)14(22)10-12/h4-11,18,26H,1-3H3. The van der Waals surface area contributed by atoms with Crippen LogP contribution in [0.4, 0.5) is 10.1 Å². The fourth-order valence-corrected chi connectivity index (χ4v) is 3.43. The van der Waals surface area contributed by atoms with Crippen molar-refractivity contribution in [2.45, 2.75) is 19.9 Å². The van der Waals surface area contributed by atoms with Gasteiger partial charge < -0.3 is 9.84 Å². The van der Waals surface area contributed by atoms with Gasteiger partial charge in [-0.25, -0.2) is 4.39 Å². The Kier molecular flexibility index (Phi) is 5.42. The van der Waals surface area contributed by atoms with Crippen molar-refractivity contribution in [3.8, 4) is 5.75 Å². The SMILES string of the molecule is COc1ccccc1C1C(C(=O)C(C)C)=C(O)C(=O)N1c1ccc(F)c(Cl)c1. The van der Waals surface area contributed by atoms with Gasteiger partial charge in [-0.05, 0) is 24.3 Å². The summed E-state index contributed by atoms with van der Waals surface area (Å²) in [5.41, 5.74) is 0.752. The second kappa shape index (κ2) is 7.64. The molecule has 1 aliphatic rings. The zero-order valence-corrected chi connectivity index (χ0v) is 16.3. The lowest BCUT2D eigenvalue weighted by molar-refractivity contribution is -0.119. The highest BCUT2D eigenvalue weighted by Gasteiger charge is 2.45. The van der Waals surface area contributed by atoms with Crippen LogP contribution < -0.4 is 9.64 Å². The van der Waals surface area contributed by atoms with E-state index in [4.69, 9.17) is 16.3 Å². The van der Waals surface area contributed by atoms with E-state index in [9.17, 15) is 19.1 Å². The number of hydrogen-bond acceptors (Lipinski definition) is 4. The van der Waals surface area contributed by atoms with E-state index >= 15 is 0 Å². The zero-order valence-electron chi connectivity index (χ0n) is 15.6. The molecular weight excluding hydrogens is 385 g/mol. The summed E-state index contributed by atoms with van der Waals surface area (Å²) < 4.78 is 19.0. The van der Waals surface area contributed by atoms with Crippen LogP contribution in [0.15, 0.2) is 53.8 Å². The summed E-state index contributed by atoms with van der Waals surface area (Å²) in [7, 11) is 1.47. The summed E-state index contributed by atoms with van der Waals surface area (Å²) in [6, 6.07) is 9.76. The van der Waals surface area contributed by atoms with Crippen molar-refractivity contribution in [3.63, 3.8) is 0 Å². The quantitative estimate of drug-likeness (QED) is 0.791. The molecule has 5 nitrogen and oxygen atoms in total. The van der Waals surface area contributed by atoms with Gasteiger partial charge in [0.2, 0.25) is 0 Å². The summed E-state index contributed by atoms with van der Waals surface area (Å²) in [5, 5.41) is 10.4. The molecule has 0 saturated heterocycles. The minimum Gasteiger partial charge on any atom is -0.503 e. The van der Waals surface area contributed by atoms with E-state index in [0.717, 1.165) is 6.07 Å². The molecule has 0 saturated carbocycles. The minimum atomic E-state index is -0.930. The molecule has 2 aromatic carbocycles. The number of rotatable bonds is 5. The number of benzene rings is 2. The minimum absolute atomic E-state index is 0.0232. The average Bonchev–Trinajstić information content (AvgIpc) is 2.94. The van der Waals surface area contributed by atoms with E-state index in [1.54, 1.807) is 38.1 Å². The summed E-state index contributed by atoms with van der Waals surface area (Å²) in [6.07, 6.45) is 0. The predicted octanol–water partition coefficient (Wildman–Crippen LogP) is 4.61. The highest BCUT2D eigenvalue weighted by molar-refractivity contribution is 6.31. The number of aliphatic hydroxyl groups excluding tert-OH is 1. The van der Waals surface area contributed by atoms with E-state index in [1.807, 2.05) is 0 Å². The monoisotopic (exact) mass is 403 g/mol. The number of ketones is 1. The molecule has 0 radical (unpaired) electrons. The van der Waals surface area contributed by atoms with Gasteiger partial charge in [0.15, 0.2) is 11.5 Å². The number of nitrogens with zero attached hydrogens (tertiary/aromatic N) is 1. The second-order valence-electron chi connectivity index (χ2n) is 6.70. The smallest absolute Gasteiger partial charge is 0.294 e. The first-order valence-corrected chi connectivity index (χ1v) is 9.04. The lowest BCUT2D eigenvalue weighted by Gasteiger charge is -2.28. The first-order valence-electron chi connectivity index (χ1n) is 8.66. The van der Waals surface area contributed by atoms with E-state index in [2.05, 4.69) is 0 Å². The van der Waals surface area contributed by atoms with Crippen LogP contribution >= 0.6 is 11.6 Å². The Hall–Kier alpha value is -2.86. The third-order valence-corrected chi connectivity index (χ3v) is 4.90. The van der Waals surface area contributed by atoms with E-state index in [1.165, 1.54) is 24.1 Å². The number of amides is 1. The Morgan fingerprint density at radius 2 is 1.93 bits per heavy atom. The van der Waals surface area contributed by atoms with Crippen molar-refractivity contribution in [3.05, 3.63) is 70.2 Å². The van der Waals surface area contributed by atoms with Crippen LogP contribution in [0, 0.1) is 11.7 Å². The highest BCUT2D eigenvalue weighted by Crippen LogP contribution is 2.45. The number of carbonyl (C=O) groups excluding carboxylic acids is 2. The Morgan fingerprint density at radius 3 is 2.54 bits per heavy atom. The van der Waals surface area contributed by atoms with Crippen molar-refractivity contribution in [1.29, 1.82) is 0 Å². The molecule has 3 rings (SSSR count). The van der Waals surface area contributed by atoms with Gasteiger partial charge in [0, 0.05) is 17.2 Å².